The summed E-state index contributed by atoms with van der Waals surface area (Å²) in [4.78, 5) is 0. The summed E-state index contributed by atoms with van der Waals surface area (Å²) in [6, 6.07) is 16.2. The van der Waals surface area contributed by atoms with E-state index in [0.717, 1.165) is 11.1 Å². The van der Waals surface area contributed by atoms with E-state index in [4.69, 9.17) is 9.47 Å². The number of benzene rings is 2. The van der Waals surface area contributed by atoms with Gasteiger partial charge in [0.25, 0.3) is 0 Å². The van der Waals surface area contributed by atoms with Gasteiger partial charge in [0.1, 0.15) is 0 Å². The largest absolute Gasteiger partial charge is 0.493 e. The molecular formula is C19H21NO2. The maximum Gasteiger partial charge on any atom is 0.161 e. The monoisotopic (exact) mass is 295 g/mol. The maximum absolute atomic E-state index is 9.46. The minimum Gasteiger partial charge on any atom is -0.493 e. The van der Waals surface area contributed by atoms with E-state index in [1.807, 2.05) is 38.1 Å². The highest BCUT2D eigenvalue weighted by molar-refractivity contribution is 5.39. The van der Waals surface area contributed by atoms with Gasteiger partial charge in [0.15, 0.2) is 11.5 Å². The molecule has 0 aliphatic heterocycles. The molecule has 3 nitrogen and oxygen atoms in total. The van der Waals surface area contributed by atoms with Crippen LogP contribution in [0.15, 0.2) is 42.5 Å². The van der Waals surface area contributed by atoms with Crippen molar-refractivity contribution in [3.8, 4) is 17.6 Å². The zero-order chi connectivity index (χ0) is 15.9. The maximum atomic E-state index is 9.46. The molecule has 1 atom stereocenters. The standard InChI is InChI=1S/C19H21NO2/c1-14-8-9-15(2)17(12-14)16(13-20)10-11-22-19-7-5-4-6-18(19)21-3/h4-9,12,16H,10-11H2,1-3H3. The Bertz CT molecular complexity index is 673. The molecule has 0 spiro atoms. The number of hydrogen-bond acceptors (Lipinski definition) is 3. The van der Waals surface area contributed by atoms with Gasteiger partial charge in [-0.05, 0) is 37.1 Å². The second-order valence-electron chi connectivity index (χ2n) is 5.33. The van der Waals surface area contributed by atoms with Crippen molar-refractivity contribution in [2.24, 2.45) is 0 Å². The molecule has 114 valence electrons. The number of para-hydroxylation sites is 2. The molecule has 0 amide bonds. The van der Waals surface area contributed by atoms with Crippen molar-refractivity contribution in [3.63, 3.8) is 0 Å². The molecule has 3 heteroatoms. The third-order valence-corrected chi connectivity index (χ3v) is 3.70. The van der Waals surface area contributed by atoms with Gasteiger partial charge in [-0.2, -0.15) is 5.26 Å². The van der Waals surface area contributed by atoms with Crippen LogP contribution in [0.4, 0.5) is 0 Å². The van der Waals surface area contributed by atoms with E-state index < -0.39 is 0 Å². The van der Waals surface area contributed by atoms with E-state index in [2.05, 4.69) is 24.3 Å². The van der Waals surface area contributed by atoms with Crippen molar-refractivity contribution in [3.05, 3.63) is 59.2 Å². The zero-order valence-corrected chi connectivity index (χ0v) is 13.3. The first-order valence-corrected chi connectivity index (χ1v) is 7.38. The summed E-state index contributed by atoms with van der Waals surface area (Å²) >= 11 is 0. The van der Waals surface area contributed by atoms with Crippen LogP contribution >= 0.6 is 0 Å². The SMILES string of the molecule is COc1ccccc1OCCC(C#N)c1cc(C)ccc1C. The fourth-order valence-corrected chi connectivity index (χ4v) is 2.45. The van der Waals surface area contributed by atoms with E-state index in [0.29, 0.717) is 24.5 Å². The fourth-order valence-electron chi connectivity index (χ4n) is 2.45. The molecule has 2 aromatic rings. The number of rotatable bonds is 6. The van der Waals surface area contributed by atoms with Crippen LogP contribution in [-0.2, 0) is 0 Å². The summed E-state index contributed by atoms with van der Waals surface area (Å²) in [5.41, 5.74) is 3.41. The predicted molar refractivity (Wildman–Crippen MR) is 87.4 cm³/mol. The number of nitrogens with zero attached hydrogens (tertiary/aromatic N) is 1. The first-order valence-electron chi connectivity index (χ1n) is 7.38. The second kappa shape index (κ2) is 7.51. The number of hydrogen-bond donors (Lipinski definition) is 0. The van der Waals surface area contributed by atoms with Crippen molar-refractivity contribution in [1.82, 2.24) is 0 Å². The molecule has 0 fully saturated rings. The topological polar surface area (TPSA) is 42.2 Å². The Morgan fingerprint density at radius 1 is 1.09 bits per heavy atom. The molecule has 2 rings (SSSR count). The smallest absolute Gasteiger partial charge is 0.161 e. The van der Waals surface area contributed by atoms with Crippen molar-refractivity contribution in [2.75, 3.05) is 13.7 Å². The molecule has 0 aromatic heterocycles. The molecule has 1 unspecified atom stereocenters. The van der Waals surface area contributed by atoms with Crippen LogP contribution in [0, 0.1) is 25.2 Å². The molecule has 0 aliphatic rings. The summed E-state index contributed by atoms with van der Waals surface area (Å²) < 4.78 is 11.0. The van der Waals surface area contributed by atoms with Gasteiger partial charge in [0.05, 0.1) is 25.7 Å². The zero-order valence-electron chi connectivity index (χ0n) is 13.3. The normalized spacial score (nSPS) is 11.5. The minimum atomic E-state index is -0.158. The highest BCUT2D eigenvalue weighted by Crippen LogP contribution is 2.28. The molecule has 22 heavy (non-hydrogen) atoms. The first-order chi connectivity index (χ1) is 10.7. The number of methoxy groups -OCH3 is 1. The highest BCUT2D eigenvalue weighted by atomic mass is 16.5. The summed E-state index contributed by atoms with van der Waals surface area (Å²) in [6.45, 7) is 4.56. The lowest BCUT2D eigenvalue weighted by atomic mass is 9.92. The predicted octanol–water partition coefficient (Wildman–Crippen LogP) is 4.39. The molecule has 0 N–H and O–H groups in total. The fraction of sp³-hybridized carbons (Fsp3) is 0.316. The molecule has 0 saturated carbocycles. The van der Waals surface area contributed by atoms with E-state index in [-0.39, 0.29) is 5.92 Å². The third-order valence-electron chi connectivity index (χ3n) is 3.70. The Hall–Kier alpha value is -2.47. The van der Waals surface area contributed by atoms with Gasteiger partial charge >= 0.3 is 0 Å². The first kappa shape index (κ1) is 15.9. The van der Waals surface area contributed by atoms with Gasteiger partial charge in [-0.3, -0.25) is 0 Å². The Balaban J connectivity index is 2.03. The van der Waals surface area contributed by atoms with Crippen LogP contribution in [0.5, 0.6) is 11.5 Å². The molecule has 0 bridgehead atoms. The third kappa shape index (κ3) is 3.79. The molecule has 0 saturated heterocycles. The van der Waals surface area contributed by atoms with Crippen LogP contribution in [0.2, 0.25) is 0 Å². The summed E-state index contributed by atoms with van der Waals surface area (Å²) in [6.07, 6.45) is 0.652. The van der Waals surface area contributed by atoms with E-state index in [1.54, 1.807) is 7.11 Å². The molecule has 0 radical (unpaired) electrons. The van der Waals surface area contributed by atoms with E-state index in [9.17, 15) is 5.26 Å². The Kier molecular flexibility index (Phi) is 5.43. The number of nitriles is 1. The lowest BCUT2D eigenvalue weighted by molar-refractivity contribution is 0.285. The molecule has 2 aromatic carbocycles. The van der Waals surface area contributed by atoms with Gasteiger partial charge in [-0.1, -0.05) is 35.9 Å². The molecular weight excluding hydrogens is 274 g/mol. The van der Waals surface area contributed by atoms with Crippen molar-refractivity contribution in [2.45, 2.75) is 26.2 Å². The number of aryl methyl sites for hydroxylation is 2. The molecule has 0 aliphatic carbocycles. The Labute approximate surface area is 132 Å². The van der Waals surface area contributed by atoms with Gasteiger partial charge < -0.3 is 9.47 Å². The summed E-state index contributed by atoms with van der Waals surface area (Å²) in [5, 5.41) is 9.46. The quantitative estimate of drug-likeness (QED) is 0.793. The van der Waals surface area contributed by atoms with E-state index in [1.165, 1.54) is 5.56 Å². The van der Waals surface area contributed by atoms with Crippen molar-refractivity contribution < 1.29 is 9.47 Å². The summed E-state index contributed by atoms with van der Waals surface area (Å²) in [7, 11) is 1.62. The Morgan fingerprint density at radius 2 is 1.82 bits per heavy atom. The lowest BCUT2D eigenvalue weighted by Gasteiger charge is -2.15. The van der Waals surface area contributed by atoms with Crippen LogP contribution in [-0.4, -0.2) is 13.7 Å². The van der Waals surface area contributed by atoms with Gasteiger partial charge in [0, 0.05) is 6.42 Å². The van der Waals surface area contributed by atoms with Crippen molar-refractivity contribution >= 4 is 0 Å². The van der Waals surface area contributed by atoms with Crippen LogP contribution in [0.1, 0.15) is 29.0 Å². The number of ether oxygens (including phenoxy) is 2. The van der Waals surface area contributed by atoms with Crippen LogP contribution < -0.4 is 9.47 Å². The minimum absolute atomic E-state index is 0.158. The molecule has 0 heterocycles. The summed E-state index contributed by atoms with van der Waals surface area (Å²) in [5.74, 6) is 1.26. The van der Waals surface area contributed by atoms with Gasteiger partial charge in [0.2, 0.25) is 0 Å². The van der Waals surface area contributed by atoms with Crippen LogP contribution in [0.25, 0.3) is 0 Å². The van der Waals surface area contributed by atoms with Gasteiger partial charge in [-0.25, -0.2) is 0 Å². The average molecular weight is 295 g/mol. The van der Waals surface area contributed by atoms with Crippen LogP contribution in [0.3, 0.4) is 0 Å². The average Bonchev–Trinajstić information content (AvgIpc) is 2.54. The second-order valence-corrected chi connectivity index (χ2v) is 5.33. The Morgan fingerprint density at radius 3 is 2.50 bits per heavy atom. The van der Waals surface area contributed by atoms with Gasteiger partial charge in [-0.15, -0.1) is 0 Å². The lowest BCUT2D eigenvalue weighted by Crippen LogP contribution is -2.06. The van der Waals surface area contributed by atoms with E-state index >= 15 is 0 Å². The highest BCUT2D eigenvalue weighted by Gasteiger charge is 2.14. The van der Waals surface area contributed by atoms with Crippen molar-refractivity contribution in [1.29, 1.82) is 5.26 Å².